The first kappa shape index (κ1) is 26.0. The summed E-state index contributed by atoms with van der Waals surface area (Å²) in [5.41, 5.74) is 1.65. The van der Waals surface area contributed by atoms with Crippen molar-refractivity contribution in [2.45, 2.75) is 0 Å². The van der Waals surface area contributed by atoms with E-state index in [1.54, 1.807) is 36.4 Å². The number of hydrogen-bond acceptors (Lipinski definition) is 8. The van der Waals surface area contributed by atoms with Gasteiger partial charge in [-0.25, -0.2) is 4.39 Å². The maximum absolute atomic E-state index is 13.6. The molecule has 0 bridgehead atoms. The number of ether oxygens (including phenoxy) is 4. The Bertz CT molecular complexity index is 1290. The molecule has 0 amide bonds. The van der Waals surface area contributed by atoms with Gasteiger partial charge in [-0.15, -0.1) is 0 Å². The van der Waals surface area contributed by atoms with Crippen molar-refractivity contribution in [1.29, 1.82) is 0 Å². The number of halogens is 1. The Labute approximate surface area is 207 Å². The van der Waals surface area contributed by atoms with Crippen molar-refractivity contribution in [2.75, 3.05) is 33.8 Å². The average molecular weight is 496 g/mol. The Morgan fingerprint density at radius 1 is 0.861 bits per heavy atom. The summed E-state index contributed by atoms with van der Waals surface area (Å²) in [4.78, 5) is 12.4. The van der Waals surface area contributed by atoms with Crippen LogP contribution in [0.5, 0.6) is 34.5 Å². The summed E-state index contributed by atoms with van der Waals surface area (Å²) in [6, 6.07) is 10.2. The van der Waals surface area contributed by atoms with E-state index in [1.807, 2.05) is 0 Å². The van der Waals surface area contributed by atoms with E-state index in [0.717, 1.165) is 17.7 Å². The molecule has 0 atom stereocenters. The molecule has 3 aromatic carbocycles. The number of phenols is 2. The van der Waals surface area contributed by atoms with E-state index in [4.69, 9.17) is 18.9 Å². The molecule has 0 aliphatic carbocycles. The van der Waals surface area contributed by atoms with Crippen LogP contribution in [0.1, 0.15) is 21.5 Å². The number of nitrogens with one attached hydrogen (secondary N) is 1. The second-order valence-corrected chi connectivity index (χ2v) is 7.38. The highest BCUT2D eigenvalue weighted by molar-refractivity contribution is 6.04. The molecule has 0 saturated heterocycles. The van der Waals surface area contributed by atoms with Crippen molar-refractivity contribution < 1.29 is 38.3 Å². The highest BCUT2D eigenvalue weighted by Gasteiger charge is 2.14. The normalized spacial score (nSPS) is 11.0. The molecule has 0 unspecified atom stereocenters. The first-order chi connectivity index (χ1) is 17.3. The van der Waals surface area contributed by atoms with Gasteiger partial charge in [0.1, 0.15) is 0 Å². The van der Waals surface area contributed by atoms with Gasteiger partial charge in [-0.3, -0.25) is 4.79 Å². The molecule has 0 saturated carbocycles. The molecule has 3 rings (SSSR count). The lowest BCUT2D eigenvalue weighted by Crippen LogP contribution is -1.99. The molecule has 0 aliphatic heterocycles. The molecule has 0 radical (unpaired) electrons. The van der Waals surface area contributed by atoms with Crippen molar-refractivity contribution in [1.82, 2.24) is 0 Å². The second-order valence-electron chi connectivity index (χ2n) is 7.38. The van der Waals surface area contributed by atoms with Crippen LogP contribution in [0.15, 0.2) is 54.7 Å². The van der Waals surface area contributed by atoms with Gasteiger partial charge in [0.25, 0.3) is 0 Å². The smallest absolute Gasteiger partial charge is 0.203 e. The summed E-state index contributed by atoms with van der Waals surface area (Å²) >= 11 is 0. The van der Waals surface area contributed by atoms with Crippen LogP contribution < -0.4 is 24.3 Å². The first-order valence-corrected chi connectivity index (χ1v) is 10.7. The quantitative estimate of drug-likeness (QED) is 0.152. The van der Waals surface area contributed by atoms with E-state index in [-0.39, 0.29) is 22.7 Å². The number of aromatic hydroxyl groups is 2. The summed E-state index contributed by atoms with van der Waals surface area (Å²) in [6.07, 6.45) is 6.02. The van der Waals surface area contributed by atoms with Crippen molar-refractivity contribution in [3.63, 3.8) is 0 Å². The molecular formula is C27H26FNO7. The van der Waals surface area contributed by atoms with Crippen LogP contribution in [0.4, 0.5) is 10.1 Å². The van der Waals surface area contributed by atoms with Gasteiger partial charge in [-0.1, -0.05) is 12.2 Å². The molecule has 0 aromatic heterocycles. The van der Waals surface area contributed by atoms with Crippen LogP contribution in [-0.4, -0.2) is 44.4 Å². The summed E-state index contributed by atoms with van der Waals surface area (Å²) in [5.74, 6) is -0.451. The minimum Gasteiger partial charge on any atom is -0.505 e. The van der Waals surface area contributed by atoms with Gasteiger partial charge in [-0.05, 0) is 48.0 Å². The lowest BCUT2D eigenvalue weighted by atomic mass is 10.1. The maximum Gasteiger partial charge on any atom is 0.203 e. The van der Waals surface area contributed by atoms with Gasteiger partial charge in [0.05, 0.1) is 34.1 Å². The molecule has 0 spiro atoms. The fourth-order valence-corrected chi connectivity index (χ4v) is 3.38. The van der Waals surface area contributed by atoms with E-state index in [2.05, 4.69) is 5.32 Å². The summed E-state index contributed by atoms with van der Waals surface area (Å²) in [5, 5.41) is 22.9. The number of carbonyl (C=O) groups is 1. The SMILES string of the molecule is COc1ccc(/C=C\c2cc(OC)c(OC)c(OC)c2)c(N/C=C\C(=O)c2ccc(O)c(F)c2)c1O. The predicted octanol–water partition coefficient (Wildman–Crippen LogP) is 5.25. The van der Waals surface area contributed by atoms with E-state index < -0.39 is 17.3 Å². The number of ketones is 1. The molecule has 188 valence electrons. The molecule has 9 heteroatoms. The Hall–Kier alpha value is -4.66. The van der Waals surface area contributed by atoms with Gasteiger partial charge in [0.15, 0.2) is 40.3 Å². The van der Waals surface area contributed by atoms with Crippen molar-refractivity contribution in [3.8, 4) is 34.5 Å². The Kier molecular flexibility index (Phi) is 8.40. The van der Waals surface area contributed by atoms with Crippen LogP contribution in [0.25, 0.3) is 12.2 Å². The minimum atomic E-state index is -0.896. The number of benzene rings is 3. The zero-order valence-electron chi connectivity index (χ0n) is 20.2. The van der Waals surface area contributed by atoms with Gasteiger partial charge in [0.2, 0.25) is 5.75 Å². The van der Waals surface area contributed by atoms with E-state index in [1.165, 1.54) is 46.8 Å². The summed E-state index contributed by atoms with van der Waals surface area (Å²) in [7, 11) is 5.98. The molecular weight excluding hydrogens is 469 g/mol. The first-order valence-electron chi connectivity index (χ1n) is 10.7. The van der Waals surface area contributed by atoms with Crippen LogP contribution in [0.3, 0.4) is 0 Å². The van der Waals surface area contributed by atoms with Crippen LogP contribution in [0.2, 0.25) is 0 Å². The predicted molar refractivity (Wildman–Crippen MR) is 135 cm³/mol. The standard InChI is InChI=1S/C27H26FNO7/c1-33-22-10-8-17(6-5-16-13-23(34-2)27(36-4)24(14-16)35-3)25(26(22)32)29-12-11-20(30)18-7-9-21(31)19(28)15-18/h5-15,29,31-32H,1-4H3/b6-5-,12-11-. The molecule has 3 N–H and O–H groups in total. The third-order valence-corrected chi connectivity index (χ3v) is 5.23. The molecule has 0 heterocycles. The van der Waals surface area contributed by atoms with Crippen molar-refractivity contribution in [3.05, 3.63) is 77.2 Å². The number of hydrogen-bond donors (Lipinski definition) is 3. The Morgan fingerprint density at radius 2 is 1.53 bits per heavy atom. The lowest BCUT2D eigenvalue weighted by molar-refractivity contribution is 0.104. The lowest BCUT2D eigenvalue weighted by Gasteiger charge is -2.13. The van der Waals surface area contributed by atoms with Gasteiger partial charge < -0.3 is 34.5 Å². The maximum atomic E-state index is 13.6. The van der Waals surface area contributed by atoms with E-state index in [9.17, 15) is 19.4 Å². The fourth-order valence-electron chi connectivity index (χ4n) is 3.38. The Balaban J connectivity index is 1.91. The number of phenolic OH excluding ortho intramolecular Hbond substituents is 2. The number of rotatable bonds is 10. The zero-order chi connectivity index (χ0) is 26.2. The van der Waals surface area contributed by atoms with Crippen LogP contribution in [0, 0.1) is 5.82 Å². The van der Waals surface area contributed by atoms with Gasteiger partial charge in [0, 0.05) is 23.4 Å². The second kappa shape index (κ2) is 11.7. The Morgan fingerprint density at radius 3 is 2.11 bits per heavy atom. The monoisotopic (exact) mass is 495 g/mol. The zero-order valence-corrected chi connectivity index (χ0v) is 20.2. The molecule has 8 nitrogen and oxygen atoms in total. The molecule has 36 heavy (non-hydrogen) atoms. The number of carbonyl (C=O) groups excluding carboxylic acids is 1. The highest BCUT2D eigenvalue weighted by Crippen LogP contribution is 2.40. The van der Waals surface area contributed by atoms with Crippen molar-refractivity contribution >= 4 is 23.6 Å². The minimum absolute atomic E-state index is 0.0562. The summed E-state index contributed by atoms with van der Waals surface area (Å²) < 4.78 is 34.9. The van der Waals surface area contributed by atoms with Crippen molar-refractivity contribution in [2.24, 2.45) is 0 Å². The van der Waals surface area contributed by atoms with E-state index in [0.29, 0.717) is 22.8 Å². The number of anilines is 1. The largest absolute Gasteiger partial charge is 0.505 e. The molecule has 0 aliphatic rings. The number of methoxy groups -OCH3 is 4. The highest BCUT2D eigenvalue weighted by atomic mass is 19.1. The van der Waals surface area contributed by atoms with Crippen LogP contribution >= 0.6 is 0 Å². The van der Waals surface area contributed by atoms with Gasteiger partial charge >= 0.3 is 0 Å². The summed E-state index contributed by atoms with van der Waals surface area (Å²) in [6.45, 7) is 0. The van der Waals surface area contributed by atoms with E-state index >= 15 is 0 Å². The van der Waals surface area contributed by atoms with Gasteiger partial charge in [-0.2, -0.15) is 0 Å². The molecule has 3 aromatic rings. The fraction of sp³-hybridized carbons (Fsp3) is 0.148. The van der Waals surface area contributed by atoms with Crippen LogP contribution in [-0.2, 0) is 0 Å². The average Bonchev–Trinajstić information content (AvgIpc) is 2.89. The topological polar surface area (TPSA) is 106 Å². The molecule has 0 fully saturated rings. The third kappa shape index (κ3) is 5.69. The number of allylic oxidation sites excluding steroid dienone is 1. The third-order valence-electron chi connectivity index (χ3n) is 5.23.